The van der Waals surface area contributed by atoms with Gasteiger partial charge >= 0.3 is 39.5 Å². The van der Waals surface area contributed by atoms with Crippen molar-refractivity contribution in [3.05, 3.63) is 36.5 Å². The fourth-order valence-electron chi connectivity index (χ4n) is 11.7. The van der Waals surface area contributed by atoms with Gasteiger partial charge in [-0.1, -0.05) is 308 Å². The van der Waals surface area contributed by atoms with Gasteiger partial charge < -0.3 is 33.8 Å². The van der Waals surface area contributed by atoms with E-state index >= 15 is 0 Å². The van der Waals surface area contributed by atoms with E-state index in [1.165, 1.54) is 167 Å². The summed E-state index contributed by atoms with van der Waals surface area (Å²) in [6.07, 6.45) is 71.0. The van der Waals surface area contributed by atoms with E-state index in [0.717, 1.165) is 154 Å². The molecule has 0 saturated heterocycles. The lowest BCUT2D eigenvalue weighted by Crippen LogP contribution is -2.30. The Morgan fingerprint density at radius 1 is 0.270 bits per heavy atom. The number of hydrogen-bond acceptors (Lipinski definition) is 15. The first-order valence-electron chi connectivity index (χ1n) is 41.2. The number of carbonyl (C=O) groups excluding carboxylic acids is 4. The van der Waals surface area contributed by atoms with Crippen LogP contribution in [0, 0.1) is 0 Å². The highest BCUT2D eigenvalue weighted by molar-refractivity contribution is 7.47. The van der Waals surface area contributed by atoms with Crippen molar-refractivity contribution in [3.63, 3.8) is 0 Å². The quantitative estimate of drug-likeness (QED) is 0.0169. The van der Waals surface area contributed by atoms with Gasteiger partial charge in [0, 0.05) is 25.7 Å². The van der Waals surface area contributed by atoms with E-state index in [4.69, 9.17) is 37.0 Å². The third-order valence-electron chi connectivity index (χ3n) is 18.1. The zero-order valence-electron chi connectivity index (χ0n) is 64.4. The predicted molar refractivity (Wildman–Crippen MR) is 409 cm³/mol. The summed E-state index contributed by atoms with van der Waals surface area (Å²) in [4.78, 5) is 73.0. The van der Waals surface area contributed by atoms with E-state index in [-0.39, 0.29) is 25.7 Å². The molecule has 0 bridgehead atoms. The maximum absolute atomic E-state index is 13.1. The molecule has 0 heterocycles. The van der Waals surface area contributed by atoms with Gasteiger partial charge in [-0.25, -0.2) is 9.13 Å². The highest BCUT2D eigenvalue weighted by Crippen LogP contribution is 2.45. The van der Waals surface area contributed by atoms with E-state index < -0.39 is 97.5 Å². The molecule has 0 aliphatic heterocycles. The topological polar surface area (TPSA) is 237 Å². The van der Waals surface area contributed by atoms with Crippen LogP contribution in [0.5, 0.6) is 0 Å². The molecule has 0 aromatic heterocycles. The summed E-state index contributed by atoms with van der Waals surface area (Å²) in [6.45, 7) is 4.94. The van der Waals surface area contributed by atoms with Gasteiger partial charge in [-0.15, -0.1) is 0 Å². The molecule has 100 heavy (non-hydrogen) atoms. The normalized spacial score (nSPS) is 14.0. The van der Waals surface area contributed by atoms with Crippen molar-refractivity contribution in [2.45, 2.75) is 418 Å². The average molecular weight is 1460 g/mol. The van der Waals surface area contributed by atoms with E-state index in [0.29, 0.717) is 25.7 Å². The molecule has 2 unspecified atom stereocenters. The van der Waals surface area contributed by atoms with Gasteiger partial charge in [0.25, 0.3) is 0 Å². The highest BCUT2D eigenvalue weighted by atomic mass is 31.2. The number of rotatable bonds is 79. The number of aliphatic hydroxyl groups is 1. The van der Waals surface area contributed by atoms with Crippen LogP contribution in [0.1, 0.15) is 400 Å². The van der Waals surface area contributed by atoms with Crippen molar-refractivity contribution in [2.24, 2.45) is 0 Å². The summed E-state index contributed by atoms with van der Waals surface area (Å²) in [5.74, 6) is -2.15. The zero-order valence-corrected chi connectivity index (χ0v) is 66.2. The minimum atomic E-state index is -4.97. The molecule has 588 valence electrons. The molecule has 0 amide bonds. The minimum absolute atomic E-state index is 0.0949. The highest BCUT2D eigenvalue weighted by Gasteiger charge is 2.30. The maximum atomic E-state index is 13.1. The van der Waals surface area contributed by atoms with Crippen molar-refractivity contribution in [3.8, 4) is 0 Å². The first kappa shape index (κ1) is 97.3. The first-order valence-corrected chi connectivity index (χ1v) is 44.2. The van der Waals surface area contributed by atoms with E-state index in [1.807, 2.05) is 0 Å². The molecule has 5 atom stereocenters. The van der Waals surface area contributed by atoms with Gasteiger partial charge in [0.05, 0.1) is 26.4 Å². The van der Waals surface area contributed by atoms with Crippen LogP contribution in [0.2, 0.25) is 0 Å². The lowest BCUT2D eigenvalue weighted by molar-refractivity contribution is -0.161. The number of esters is 4. The van der Waals surface area contributed by atoms with Crippen LogP contribution < -0.4 is 0 Å². The lowest BCUT2D eigenvalue weighted by Gasteiger charge is -2.21. The fourth-order valence-corrected chi connectivity index (χ4v) is 13.3. The first-order chi connectivity index (χ1) is 48.7. The Kier molecular flexibility index (Phi) is 72.5. The summed E-state index contributed by atoms with van der Waals surface area (Å²) in [5, 5.41) is 10.6. The number of carbonyl (C=O) groups is 4. The van der Waals surface area contributed by atoms with Crippen LogP contribution in [-0.4, -0.2) is 96.7 Å². The Hall–Kier alpha value is -2.72. The second-order valence-corrected chi connectivity index (χ2v) is 31.0. The Labute approximate surface area is 611 Å². The number of phosphoric ester groups is 2. The molecule has 0 saturated carbocycles. The SMILES string of the molecule is CCCCCC/C=C\CCCCCCCCCC(=O)OC[C@H](COP(=O)(O)OC[C@H](O)COP(=O)(O)OC[C@@H](COC(=O)CCCCCCC/C=C\CCCCCCCC)OC(=O)CCCCCCCCC/C=C\CCCCCC)OC(=O)CCCCCCCCCCCCCCCCC. The number of aliphatic hydroxyl groups excluding tert-OH is 1. The zero-order chi connectivity index (χ0) is 73.2. The molecule has 0 spiro atoms. The summed E-state index contributed by atoms with van der Waals surface area (Å²) < 4.78 is 68.7. The third kappa shape index (κ3) is 73.6. The molecular weight excluding hydrogens is 1310 g/mol. The lowest BCUT2D eigenvalue weighted by atomic mass is 10.0. The van der Waals surface area contributed by atoms with E-state index in [1.54, 1.807) is 0 Å². The monoisotopic (exact) mass is 1460 g/mol. The molecule has 19 heteroatoms. The van der Waals surface area contributed by atoms with Crippen molar-refractivity contribution < 1.29 is 80.2 Å². The van der Waals surface area contributed by atoms with Crippen LogP contribution in [0.15, 0.2) is 36.5 Å². The molecule has 0 aliphatic carbocycles. The van der Waals surface area contributed by atoms with Crippen LogP contribution >= 0.6 is 15.6 Å². The largest absolute Gasteiger partial charge is 0.472 e. The van der Waals surface area contributed by atoms with Gasteiger partial charge in [0.1, 0.15) is 19.3 Å². The van der Waals surface area contributed by atoms with Crippen molar-refractivity contribution in [1.29, 1.82) is 0 Å². The molecular formula is C81H152O17P2. The number of phosphoric acid groups is 2. The Balaban J connectivity index is 5.32. The Bertz CT molecular complexity index is 2040. The van der Waals surface area contributed by atoms with Crippen LogP contribution in [0.4, 0.5) is 0 Å². The number of allylic oxidation sites excluding steroid dienone is 6. The second kappa shape index (κ2) is 74.5. The Morgan fingerprint density at radius 3 is 0.700 bits per heavy atom. The molecule has 0 aromatic rings. The number of ether oxygens (including phenoxy) is 4. The van der Waals surface area contributed by atoms with Gasteiger partial charge in [0.15, 0.2) is 12.2 Å². The van der Waals surface area contributed by atoms with Crippen LogP contribution in [0.25, 0.3) is 0 Å². The molecule has 3 N–H and O–H groups in total. The smallest absolute Gasteiger partial charge is 0.462 e. The predicted octanol–water partition coefficient (Wildman–Crippen LogP) is 23.9. The number of hydrogen-bond donors (Lipinski definition) is 3. The van der Waals surface area contributed by atoms with Crippen LogP contribution in [0.3, 0.4) is 0 Å². The molecule has 0 fully saturated rings. The maximum Gasteiger partial charge on any atom is 0.472 e. The summed E-state index contributed by atoms with van der Waals surface area (Å²) in [6, 6.07) is 0. The van der Waals surface area contributed by atoms with Crippen molar-refractivity contribution >= 4 is 39.5 Å². The van der Waals surface area contributed by atoms with Gasteiger partial charge in [-0.05, 0) is 103 Å². The molecule has 0 aliphatic rings. The standard InChI is InChI=1S/C81H152O17P2/c1-5-9-13-17-21-25-29-33-37-41-45-49-53-57-61-65-78(83)91-71-76(97-80(85)67-63-59-55-51-47-43-39-35-31-27-23-19-15-11-7-3)73-95-99(87,88)93-69-75(82)70-94-100(89,90)96-74-77(98-81(86)68-64-60-56-52-48-44-40-36-32-28-24-20-16-12-8-4)72-92-79(84)66-62-58-54-50-46-42-38-34-30-26-22-18-14-10-6-2/h25,28-29,32,34,38,75-77,82H,5-24,26-27,30-31,33,35-37,39-74H2,1-4H3,(H,87,88)(H,89,90)/b29-25-,32-28-,38-34-/t75-,76+,77+/m0/s1. The average Bonchev–Trinajstić information content (AvgIpc) is 1.01. The van der Waals surface area contributed by atoms with Crippen molar-refractivity contribution in [1.82, 2.24) is 0 Å². The minimum Gasteiger partial charge on any atom is -0.462 e. The summed E-state index contributed by atoms with van der Waals surface area (Å²) in [5.41, 5.74) is 0. The second-order valence-electron chi connectivity index (χ2n) is 28.1. The summed E-state index contributed by atoms with van der Waals surface area (Å²) in [7, 11) is -9.94. The van der Waals surface area contributed by atoms with Crippen LogP contribution in [-0.2, 0) is 65.4 Å². The Morgan fingerprint density at radius 2 is 0.460 bits per heavy atom. The van der Waals surface area contributed by atoms with Crippen molar-refractivity contribution in [2.75, 3.05) is 39.6 Å². The molecule has 17 nitrogen and oxygen atoms in total. The van der Waals surface area contributed by atoms with Gasteiger partial charge in [-0.3, -0.25) is 37.3 Å². The molecule has 0 rings (SSSR count). The third-order valence-corrected chi connectivity index (χ3v) is 20.0. The van der Waals surface area contributed by atoms with Gasteiger partial charge in [-0.2, -0.15) is 0 Å². The summed E-state index contributed by atoms with van der Waals surface area (Å²) >= 11 is 0. The molecule has 0 radical (unpaired) electrons. The molecule has 0 aromatic carbocycles. The van der Waals surface area contributed by atoms with E-state index in [9.17, 15) is 43.2 Å². The fraction of sp³-hybridized carbons (Fsp3) is 0.877. The van der Waals surface area contributed by atoms with Gasteiger partial charge in [0.2, 0.25) is 0 Å². The van der Waals surface area contributed by atoms with E-state index in [2.05, 4.69) is 64.2 Å². The number of unbranched alkanes of at least 4 members (excludes halogenated alkanes) is 47.